The van der Waals surface area contributed by atoms with Crippen LogP contribution in [0.1, 0.15) is 32.1 Å². The van der Waals surface area contributed by atoms with E-state index >= 15 is 0 Å². The number of carbonyl (C=O) groups is 1. The molecule has 0 radical (unpaired) electrons. The molecule has 2 fully saturated rings. The molecule has 1 amide bonds. The molecule has 7 heteroatoms. The first-order valence-electron chi connectivity index (χ1n) is 9.37. The predicted molar refractivity (Wildman–Crippen MR) is 97.4 cm³/mol. The number of hydrogen-bond acceptors (Lipinski definition) is 3. The third kappa shape index (κ3) is 4.96. The average molecular weight is 386 g/mol. The molecule has 0 spiro atoms. The molecule has 1 aromatic rings. The van der Waals surface area contributed by atoms with Gasteiger partial charge in [-0.1, -0.05) is 6.42 Å². The summed E-state index contributed by atoms with van der Waals surface area (Å²) in [5, 5.41) is 3.07. The van der Waals surface area contributed by atoms with Crippen molar-refractivity contribution in [3.8, 4) is 0 Å². The number of hydrogen-bond donors (Lipinski definition) is 2. The van der Waals surface area contributed by atoms with Crippen molar-refractivity contribution in [2.45, 2.75) is 42.5 Å². The monoisotopic (exact) mass is 385 g/mol. The van der Waals surface area contributed by atoms with Crippen LogP contribution in [0.2, 0.25) is 0 Å². The van der Waals surface area contributed by atoms with E-state index in [1.54, 1.807) is 4.90 Å². The fourth-order valence-electron chi connectivity index (χ4n) is 4.09. The van der Waals surface area contributed by atoms with Crippen molar-refractivity contribution in [3.63, 3.8) is 0 Å². The maximum Gasteiger partial charge on any atom is 0.230 e. The fraction of sp³-hybridized carbons (Fsp3) is 0.632. The van der Waals surface area contributed by atoms with E-state index in [2.05, 4.69) is 5.32 Å². The van der Waals surface area contributed by atoms with Crippen LogP contribution in [0.3, 0.4) is 0 Å². The van der Waals surface area contributed by atoms with Crippen molar-refractivity contribution in [1.82, 2.24) is 5.32 Å². The summed E-state index contributed by atoms with van der Waals surface area (Å²) in [5.74, 6) is -1.19. The van der Waals surface area contributed by atoms with Crippen LogP contribution >= 0.6 is 11.8 Å². The number of rotatable bonds is 6. The Labute approximate surface area is 157 Å². The van der Waals surface area contributed by atoms with Crippen LogP contribution in [0.25, 0.3) is 0 Å². The Kier molecular flexibility index (Phi) is 6.89. The SMILES string of the molecule is O=C(CSc1ccc(F)cc1F)NCC1([NH+]2CCOCC2)CCCCC1. The molecule has 1 aliphatic carbocycles. The Morgan fingerprint density at radius 3 is 2.62 bits per heavy atom. The Morgan fingerprint density at radius 1 is 1.19 bits per heavy atom. The number of nitrogens with one attached hydrogen (secondary N) is 2. The van der Waals surface area contributed by atoms with Gasteiger partial charge in [0.15, 0.2) is 0 Å². The van der Waals surface area contributed by atoms with Crippen molar-refractivity contribution in [1.29, 1.82) is 0 Å². The lowest BCUT2D eigenvalue weighted by molar-refractivity contribution is -0.960. The molecule has 3 rings (SSSR count). The lowest BCUT2D eigenvalue weighted by Gasteiger charge is -2.45. The van der Waals surface area contributed by atoms with Gasteiger partial charge in [0.1, 0.15) is 30.3 Å². The number of carbonyl (C=O) groups excluding carboxylic acids is 1. The molecule has 1 aromatic carbocycles. The summed E-state index contributed by atoms with van der Waals surface area (Å²) in [6.07, 6.45) is 5.93. The molecule has 1 aliphatic heterocycles. The number of morpholine rings is 1. The lowest BCUT2D eigenvalue weighted by atomic mass is 9.79. The van der Waals surface area contributed by atoms with Crippen molar-refractivity contribution in [2.75, 3.05) is 38.6 Å². The van der Waals surface area contributed by atoms with E-state index in [4.69, 9.17) is 4.74 Å². The van der Waals surface area contributed by atoms with E-state index in [0.29, 0.717) is 11.4 Å². The number of quaternary nitrogens is 1. The van der Waals surface area contributed by atoms with Gasteiger partial charge >= 0.3 is 0 Å². The van der Waals surface area contributed by atoms with E-state index < -0.39 is 11.6 Å². The number of ether oxygens (including phenoxy) is 1. The summed E-state index contributed by atoms with van der Waals surface area (Å²) >= 11 is 1.10. The molecule has 1 heterocycles. The van der Waals surface area contributed by atoms with Crippen LogP contribution in [-0.2, 0) is 9.53 Å². The quantitative estimate of drug-likeness (QED) is 0.734. The molecular formula is C19H27F2N2O2S+. The van der Waals surface area contributed by atoms with Gasteiger partial charge in [0.2, 0.25) is 5.91 Å². The van der Waals surface area contributed by atoms with Crippen LogP contribution in [0.4, 0.5) is 8.78 Å². The van der Waals surface area contributed by atoms with E-state index in [1.807, 2.05) is 0 Å². The highest BCUT2D eigenvalue weighted by molar-refractivity contribution is 8.00. The molecular weight excluding hydrogens is 358 g/mol. The van der Waals surface area contributed by atoms with Gasteiger partial charge < -0.3 is 15.0 Å². The third-order valence-electron chi connectivity index (χ3n) is 5.53. The maximum atomic E-state index is 13.7. The minimum absolute atomic E-state index is 0.101. The second-order valence-corrected chi connectivity index (χ2v) is 8.21. The van der Waals surface area contributed by atoms with Crippen LogP contribution in [0, 0.1) is 11.6 Å². The van der Waals surface area contributed by atoms with Crippen LogP contribution in [-0.4, -0.2) is 50.0 Å². The van der Waals surface area contributed by atoms with Crippen LogP contribution in [0.5, 0.6) is 0 Å². The standard InChI is InChI=1S/C19H26F2N2O2S/c20-15-4-5-17(16(21)12-15)26-13-18(24)22-14-19(6-2-1-3-7-19)23-8-10-25-11-9-23/h4-5,12H,1-3,6-11,13-14H2,(H,22,24)/p+1. The summed E-state index contributed by atoms with van der Waals surface area (Å²) in [6, 6.07) is 3.43. The lowest BCUT2D eigenvalue weighted by Crippen LogP contribution is -3.23. The molecule has 2 aliphatic rings. The second kappa shape index (κ2) is 9.15. The summed E-state index contributed by atoms with van der Waals surface area (Å²) in [5.41, 5.74) is 0.101. The Bertz CT molecular complexity index is 618. The van der Waals surface area contributed by atoms with Crippen molar-refractivity contribution in [2.24, 2.45) is 0 Å². The highest BCUT2D eigenvalue weighted by Gasteiger charge is 2.42. The minimum Gasteiger partial charge on any atom is -0.370 e. The van der Waals surface area contributed by atoms with Gasteiger partial charge in [-0.15, -0.1) is 11.8 Å². The number of amides is 1. The topological polar surface area (TPSA) is 42.8 Å². The van der Waals surface area contributed by atoms with E-state index in [9.17, 15) is 13.6 Å². The smallest absolute Gasteiger partial charge is 0.230 e. The van der Waals surface area contributed by atoms with Gasteiger partial charge in [-0.05, 0) is 25.0 Å². The zero-order valence-corrected chi connectivity index (χ0v) is 15.8. The first kappa shape index (κ1) is 19.6. The number of halogens is 2. The van der Waals surface area contributed by atoms with Gasteiger partial charge in [-0.25, -0.2) is 8.78 Å². The van der Waals surface area contributed by atoms with Crippen molar-refractivity contribution < 1.29 is 23.2 Å². The van der Waals surface area contributed by atoms with Crippen LogP contribution < -0.4 is 10.2 Å². The molecule has 144 valence electrons. The van der Waals surface area contributed by atoms with Gasteiger partial charge in [0.05, 0.1) is 25.5 Å². The highest BCUT2D eigenvalue weighted by atomic mass is 32.2. The largest absolute Gasteiger partial charge is 0.370 e. The molecule has 1 saturated carbocycles. The molecule has 26 heavy (non-hydrogen) atoms. The average Bonchev–Trinajstić information content (AvgIpc) is 2.67. The molecule has 2 N–H and O–H groups in total. The van der Waals surface area contributed by atoms with E-state index in [0.717, 1.165) is 57.0 Å². The molecule has 0 aromatic heterocycles. The number of thioether (sulfide) groups is 1. The van der Waals surface area contributed by atoms with E-state index in [-0.39, 0.29) is 17.2 Å². The first-order valence-corrected chi connectivity index (χ1v) is 10.4. The Hall–Kier alpha value is -1.18. The predicted octanol–water partition coefficient (Wildman–Crippen LogP) is 1.79. The Balaban J connectivity index is 1.53. The zero-order valence-electron chi connectivity index (χ0n) is 15.0. The normalized spacial score (nSPS) is 20.7. The fourth-order valence-corrected chi connectivity index (χ4v) is 4.84. The molecule has 0 atom stereocenters. The summed E-state index contributed by atoms with van der Waals surface area (Å²) < 4.78 is 32.1. The third-order valence-corrected chi connectivity index (χ3v) is 6.58. The first-order chi connectivity index (χ1) is 12.6. The summed E-state index contributed by atoms with van der Waals surface area (Å²) in [6.45, 7) is 4.21. The Morgan fingerprint density at radius 2 is 1.92 bits per heavy atom. The van der Waals surface area contributed by atoms with Gasteiger partial charge in [0, 0.05) is 23.8 Å². The van der Waals surface area contributed by atoms with Crippen molar-refractivity contribution in [3.05, 3.63) is 29.8 Å². The van der Waals surface area contributed by atoms with Gasteiger partial charge in [0.25, 0.3) is 0 Å². The second-order valence-electron chi connectivity index (χ2n) is 7.20. The molecule has 0 bridgehead atoms. The summed E-state index contributed by atoms with van der Waals surface area (Å²) in [4.78, 5) is 14.1. The van der Waals surface area contributed by atoms with Gasteiger partial charge in [-0.2, -0.15) is 0 Å². The number of benzene rings is 1. The molecule has 1 saturated heterocycles. The zero-order chi connectivity index (χ0) is 18.4. The van der Waals surface area contributed by atoms with Crippen LogP contribution in [0.15, 0.2) is 23.1 Å². The summed E-state index contributed by atoms with van der Waals surface area (Å²) in [7, 11) is 0. The van der Waals surface area contributed by atoms with Crippen molar-refractivity contribution >= 4 is 17.7 Å². The van der Waals surface area contributed by atoms with Gasteiger partial charge in [-0.3, -0.25) is 4.79 Å². The maximum absolute atomic E-state index is 13.7. The van der Waals surface area contributed by atoms with E-state index in [1.165, 1.54) is 31.4 Å². The minimum atomic E-state index is -0.621. The molecule has 0 unspecified atom stereocenters. The molecule has 4 nitrogen and oxygen atoms in total. The highest BCUT2D eigenvalue weighted by Crippen LogP contribution is 2.26.